The molecule has 1 heterocycles. The van der Waals surface area contributed by atoms with Gasteiger partial charge >= 0.3 is 0 Å². The number of carbonyl (C=O) groups excluding carboxylic acids is 2. The molecule has 0 aromatic heterocycles. The number of para-hydroxylation sites is 1. The molecule has 3 rings (SSSR count). The molecule has 1 N–H and O–H groups in total. The summed E-state index contributed by atoms with van der Waals surface area (Å²) in [4.78, 5) is 26.5. The quantitative estimate of drug-likeness (QED) is 0.768. The van der Waals surface area contributed by atoms with Gasteiger partial charge in [-0.25, -0.2) is 0 Å². The van der Waals surface area contributed by atoms with Crippen LogP contribution in [-0.2, 0) is 16.0 Å². The van der Waals surface area contributed by atoms with E-state index in [9.17, 15) is 9.59 Å². The second kappa shape index (κ2) is 9.17. The van der Waals surface area contributed by atoms with E-state index in [-0.39, 0.29) is 24.8 Å². The smallest absolute Gasteiger partial charge is 0.244 e. The Balaban J connectivity index is 1.62. The van der Waals surface area contributed by atoms with Crippen molar-refractivity contribution >= 4 is 40.7 Å². The molecule has 0 saturated heterocycles. The van der Waals surface area contributed by atoms with Gasteiger partial charge < -0.3 is 19.7 Å². The van der Waals surface area contributed by atoms with E-state index in [1.165, 1.54) is 4.90 Å². The number of hydrogen-bond donors (Lipinski definition) is 1. The normalized spacial score (nSPS) is 12.4. The molecule has 0 radical (unpaired) electrons. The molecule has 6 nitrogen and oxygen atoms in total. The Kier molecular flexibility index (Phi) is 6.65. The van der Waals surface area contributed by atoms with Crippen LogP contribution in [0.2, 0.25) is 10.0 Å². The average Bonchev–Trinajstić information content (AvgIpc) is 2.69. The number of anilines is 1. The molecule has 0 atom stereocenters. The first-order chi connectivity index (χ1) is 13.5. The lowest BCUT2D eigenvalue weighted by molar-refractivity contribution is -0.133. The first kappa shape index (κ1) is 20.3. The van der Waals surface area contributed by atoms with Crippen LogP contribution in [0.1, 0.15) is 12.5 Å². The monoisotopic (exact) mass is 422 g/mol. The summed E-state index contributed by atoms with van der Waals surface area (Å²) in [5.41, 5.74) is 1.13. The Bertz CT molecular complexity index is 868. The maximum Gasteiger partial charge on any atom is 0.244 e. The number of nitrogens with zero attached hydrogens (tertiary/aromatic N) is 1. The van der Waals surface area contributed by atoms with Gasteiger partial charge in [-0.3, -0.25) is 9.59 Å². The number of carbonyl (C=O) groups is 2. The van der Waals surface area contributed by atoms with Crippen LogP contribution < -0.4 is 14.8 Å². The van der Waals surface area contributed by atoms with Crippen molar-refractivity contribution < 1.29 is 19.1 Å². The molecule has 148 valence electrons. The predicted molar refractivity (Wildman–Crippen MR) is 108 cm³/mol. The minimum atomic E-state index is -0.368. The van der Waals surface area contributed by atoms with Crippen LogP contribution in [-0.4, -0.2) is 43.0 Å². The van der Waals surface area contributed by atoms with Gasteiger partial charge in [-0.05, 0) is 36.8 Å². The first-order valence-corrected chi connectivity index (χ1v) is 9.63. The molecular formula is C20H20Cl2N2O4. The van der Waals surface area contributed by atoms with Crippen LogP contribution in [0.15, 0.2) is 36.4 Å². The zero-order valence-electron chi connectivity index (χ0n) is 15.3. The molecule has 8 heteroatoms. The van der Waals surface area contributed by atoms with Gasteiger partial charge in [0.1, 0.15) is 13.2 Å². The molecule has 2 amide bonds. The fourth-order valence-corrected chi connectivity index (χ4v) is 3.32. The zero-order valence-corrected chi connectivity index (χ0v) is 16.8. The lowest BCUT2D eigenvalue weighted by Gasteiger charge is -2.22. The summed E-state index contributed by atoms with van der Waals surface area (Å²) in [5.74, 6) is 0.767. The maximum absolute atomic E-state index is 12.7. The summed E-state index contributed by atoms with van der Waals surface area (Å²) in [5, 5.41) is 3.35. The average molecular weight is 423 g/mol. The molecule has 0 saturated carbocycles. The number of likely N-dealkylation sites (N-methyl/N-ethyl adjacent to an activating group) is 1. The highest BCUT2D eigenvalue weighted by Crippen LogP contribution is 2.31. The van der Waals surface area contributed by atoms with Crippen molar-refractivity contribution in [2.75, 3.05) is 31.6 Å². The predicted octanol–water partition coefficient (Wildman–Crippen LogP) is 3.79. The Hall–Kier alpha value is -2.44. The number of benzene rings is 2. The zero-order chi connectivity index (χ0) is 20.1. The number of ether oxygens (including phenoxy) is 2. The highest BCUT2D eigenvalue weighted by atomic mass is 35.5. The van der Waals surface area contributed by atoms with Crippen molar-refractivity contribution in [1.82, 2.24) is 4.90 Å². The number of rotatable bonds is 6. The van der Waals surface area contributed by atoms with E-state index in [4.69, 9.17) is 32.7 Å². The molecule has 0 unspecified atom stereocenters. The minimum absolute atomic E-state index is 0.0958. The molecule has 1 aliphatic rings. The molecule has 0 aliphatic carbocycles. The maximum atomic E-state index is 12.7. The van der Waals surface area contributed by atoms with Crippen LogP contribution in [0.25, 0.3) is 0 Å². The Morgan fingerprint density at radius 1 is 1.07 bits per heavy atom. The molecule has 0 fully saturated rings. The Morgan fingerprint density at radius 2 is 1.75 bits per heavy atom. The largest absolute Gasteiger partial charge is 0.486 e. The molecule has 0 spiro atoms. The van der Waals surface area contributed by atoms with Gasteiger partial charge in [0, 0.05) is 6.54 Å². The minimum Gasteiger partial charge on any atom is -0.486 e. The van der Waals surface area contributed by atoms with Crippen LogP contribution in [0.4, 0.5) is 5.69 Å². The van der Waals surface area contributed by atoms with E-state index < -0.39 is 0 Å². The SMILES string of the molecule is CCN(CC(=O)Nc1c(Cl)cccc1Cl)C(=O)Cc1ccc2c(c1)OCCO2. The van der Waals surface area contributed by atoms with Gasteiger partial charge in [-0.2, -0.15) is 0 Å². The number of nitrogens with one attached hydrogen (secondary N) is 1. The summed E-state index contributed by atoms with van der Waals surface area (Å²) < 4.78 is 11.0. The lowest BCUT2D eigenvalue weighted by Crippen LogP contribution is -2.38. The van der Waals surface area contributed by atoms with Gasteiger partial charge in [0.15, 0.2) is 11.5 Å². The van der Waals surface area contributed by atoms with E-state index in [2.05, 4.69) is 5.32 Å². The summed E-state index contributed by atoms with van der Waals surface area (Å²) in [6.07, 6.45) is 0.157. The van der Waals surface area contributed by atoms with Gasteiger partial charge in [-0.1, -0.05) is 35.3 Å². The van der Waals surface area contributed by atoms with Gasteiger partial charge in [0.2, 0.25) is 11.8 Å². The third kappa shape index (κ3) is 4.88. The van der Waals surface area contributed by atoms with Crippen LogP contribution in [0.5, 0.6) is 11.5 Å². The molecule has 0 bridgehead atoms. The molecule has 2 aromatic carbocycles. The second-order valence-corrected chi connectivity index (χ2v) is 7.02. The fourth-order valence-electron chi connectivity index (χ4n) is 2.83. The molecule has 1 aliphatic heterocycles. The van der Waals surface area contributed by atoms with E-state index in [0.29, 0.717) is 47.0 Å². The van der Waals surface area contributed by atoms with Crippen LogP contribution in [0, 0.1) is 0 Å². The van der Waals surface area contributed by atoms with E-state index >= 15 is 0 Å². The third-order valence-electron chi connectivity index (χ3n) is 4.26. The molecule has 28 heavy (non-hydrogen) atoms. The van der Waals surface area contributed by atoms with Gasteiger partial charge in [-0.15, -0.1) is 0 Å². The number of amides is 2. The second-order valence-electron chi connectivity index (χ2n) is 6.21. The van der Waals surface area contributed by atoms with Crippen molar-refractivity contribution in [1.29, 1.82) is 0 Å². The van der Waals surface area contributed by atoms with Gasteiger partial charge in [0.25, 0.3) is 0 Å². The highest BCUT2D eigenvalue weighted by molar-refractivity contribution is 6.39. The number of hydrogen-bond acceptors (Lipinski definition) is 4. The van der Waals surface area contributed by atoms with Crippen LogP contribution >= 0.6 is 23.2 Å². The standard InChI is InChI=1S/C20H20Cl2N2O4/c1-2-24(12-18(25)23-20-14(21)4-3-5-15(20)22)19(26)11-13-6-7-16-17(10-13)28-9-8-27-16/h3-7,10H,2,8-9,11-12H2,1H3,(H,23,25). The van der Waals surface area contributed by atoms with Crippen molar-refractivity contribution in [3.05, 3.63) is 52.0 Å². The third-order valence-corrected chi connectivity index (χ3v) is 4.89. The van der Waals surface area contributed by atoms with Crippen molar-refractivity contribution in [3.8, 4) is 11.5 Å². The van der Waals surface area contributed by atoms with E-state index in [0.717, 1.165) is 5.56 Å². The van der Waals surface area contributed by atoms with E-state index in [1.54, 1.807) is 30.3 Å². The topological polar surface area (TPSA) is 67.9 Å². The molecule has 2 aromatic rings. The van der Waals surface area contributed by atoms with Gasteiger partial charge in [0.05, 0.1) is 28.7 Å². The summed E-state index contributed by atoms with van der Waals surface area (Å²) in [7, 11) is 0. The fraction of sp³-hybridized carbons (Fsp3) is 0.300. The van der Waals surface area contributed by atoms with Crippen molar-refractivity contribution in [2.24, 2.45) is 0 Å². The summed E-state index contributed by atoms with van der Waals surface area (Å²) >= 11 is 12.1. The molecular weight excluding hydrogens is 403 g/mol. The number of fused-ring (bicyclic) bond motifs is 1. The highest BCUT2D eigenvalue weighted by Gasteiger charge is 2.19. The number of halogens is 2. The van der Waals surface area contributed by atoms with E-state index in [1.807, 2.05) is 13.0 Å². The van der Waals surface area contributed by atoms with Crippen molar-refractivity contribution in [3.63, 3.8) is 0 Å². The summed E-state index contributed by atoms with van der Waals surface area (Å²) in [6.45, 7) is 3.11. The Morgan fingerprint density at radius 3 is 2.43 bits per heavy atom. The van der Waals surface area contributed by atoms with Crippen molar-refractivity contribution in [2.45, 2.75) is 13.3 Å². The van der Waals surface area contributed by atoms with Crippen LogP contribution in [0.3, 0.4) is 0 Å². The Labute approximate surface area is 173 Å². The summed E-state index contributed by atoms with van der Waals surface area (Å²) in [6, 6.07) is 10.4. The lowest BCUT2D eigenvalue weighted by atomic mass is 10.1. The first-order valence-electron chi connectivity index (χ1n) is 8.88.